The molecule has 0 aliphatic heterocycles. The van der Waals surface area contributed by atoms with E-state index >= 15 is 0 Å². The number of nitrogens with zero attached hydrogens (tertiary/aromatic N) is 5. The van der Waals surface area contributed by atoms with Crippen LogP contribution in [0.2, 0.25) is 0 Å². The molecular weight excluding hydrogens is 234 g/mol. The van der Waals surface area contributed by atoms with Crippen LogP contribution in [0.4, 0.5) is 0 Å². The summed E-state index contributed by atoms with van der Waals surface area (Å²) >= 11 is 0. The van der Waals surface area contributed by atoms with Crippen molar-refractivity contribution in [2.75, 3.05) is 0 Å². The highest BCUT2D eigenvalue weighted by Gasteiger charge is 2.15. The van der Waals surface area contributed by atoms with E-state index in [-0.39, 0.29) is 5.69 Å². The summed E-state index contributed by atoms with van der Waals surface area (Å²) in [4.78, 5) is 23.3. The molecule has 0 spiro atoms. The van der Waals surface area contributed by atoms with Crippen LogP contribution in [0.25, 0.3) is 5.95 Å². The molecule has 0 saturated carbocycles. The lowest BCUT2D eigenvalue weighted by molar-refractivity contribution is 0.0690. The average molecular weight is 247 g/mol. The minimum absolute atomic E-state index is 0.0115. The summed E-state index contributed by atoms with van der Waals surface area (Å²) in [7, 11) is 0. The monoisotopic (exact) mass is 247 g/mol. The van der Waals surface area contributed by atoms with E-state index in [1.807, 2.05) is 6.92 Å². The van der Waals surface area contributed by atoms with Crippen LogP contribution in [-0.2, 0) is 6.42 Å². The predicted octanol–water partition coefficient (Wildman–Crippen LogP) is 0.935. The zero-order chi connectivity index (χ0) is 13.3. The molecule has 0 fully saturated rings. The van der Waals surface area contributed by atoms with E-state index in [1.165, 1.54) is 10.7 Å². The minimum atomic E-state index is -1.06. The number of carboxylic acid groups (broad SMARTS) is 1. The van der Waals surface area contributed by atoms with Crippen LogP contribution in [0.15, 0.2) is 6.07 Å². The molecule has 0 unspecified atom stereocenters. The number of aromatic nitrogens is 5. The second-order valence-corrected chi connectivity index (χ2v) is 3.82. The standard InChI is InChI=1S/C11H13N5O2/c1-4-8-5-9(10(17)18)15-16(8)11-13-6(2)12-7(3)14-11/h5H,4H2,1-3H3,(H,17,18). The molecule has 1 N–H and O–H groups in total. The number of rotatable bonds is 3. The van der Waals surface area contributed by atoms with E-state index in [1.54, 1.807) is 13.8 Å². The van der Waals surface area contributed by atoms with Crippen LogP contribution < -0.4 is 0 Å². The van der Waals surface area contributed by atoms with E-state index in [2.05, 4.69) is 20.1 Å². The first-order valence-electron chi connectivity index (χ1n) is 5.53. The predicted molar refractivity (Wildman–Crippen MR) is 62.8 cm³/mol. The highest BCUT2D eigenvalue weighted by molar-refractivity contribution is 5.85. The number of aromatic carboxylic acids is 1. The van der Waals surface area contributed by atoms with Crippen molar-refractivity contribution >= 4 is 5.97 Å². The van der Waals surface area contributed by atoms with Crippen LogP contribution in [0.3, 0.4) is 0 Å². The first kappa shape index (κ1) is 12.2. The second kappa shape index (κ2) is 4.52. The largest absolute Gasteiger partial charge is 0.476 e. The van der Waals surface area contributed by atoms with Gasteiger partial charge in [0.25, 0.3) is 5.95 Å². The summed E-state index contributed by atoms with van der Waals surface area (Å²) in [5.74, 6) is 0.439. The first-order chi connectivity index (χ1) is 8.51. The van der Waals surface area contributed by atoms with Gasteiger partial charge in [-0.05, 0) is 26.3 Å². The quantitative estimate of drug-likeness (QED) is 0.867. The van der Waals surface area contributed by atoms with Gasteiger partial charge in [-0.2, -0.15) is 15.1 Å². The van der Waals surface area contributed by atoms with Crippen molar-refractivity contribution in [3.8, 4) is 5.95 Å². The summed E-state index contributed by atoms with van der Waals surface area (Å²) < 4.78 is 1.45. The van der Waals surface area contributed by atoms with Crippen LogP contribution in [-0.4, -0.2) is 35.8 Å². The highest BCUT2D eigenvalue weighted by atomic mass is 16.4. The Hall–Kier alpha value is -2.31. The number of hydrogen-bond donors (Lipinski definition) is 1. The third kappa shape index (κ3) is 2.20. The molecule has 2 rings (SSSR count). The van der Waals surface area contributed by atoms with Crippen LogP contribution in [0, 0.1) is 13.8 Å². The molecule has 94 valence electrons. The van der Waals surface area contributed by atoms with Crippen molar-refractivity contribution in [3.63, 3.8) is 0 Å². The Morgan fingerprint density at radius 3 is 2.39 bits per heavy atom. The summed E-state index contributed by atoms with van der Waals surface area (Å²) in [6, 6.07) is 1.52. The Labute approximate surface area is 104 Å². The Balaban J connectivity index is 2.58. The molecule has 2 aromatic rings. The Morgan fingerprint density at radius 1 is 1.28 bits per heavy atom. The lowest BCUT2D eigenvalue weighted by Crippen LogP contribution is -2.10. The molecule has 0 aliphatic carbocycles. The number of carbonyl (C=O) groups is 1. The molecule has 7 nitrogen and oxygen atoms in total. The minimum Gasteiger partial charge on any atom is -0.476 e. The van der Waals surface area contributed by atoms with Gasteiger partial charge in [0.05, 0.1) is 0 Å². The molecule has 0 saturated heterocycles. The van der Waals surface area contributed by atoms with E-state index in [4.69, 9.17) is 5.11 Å². The van der Waals surface area contributed by atoms with Gasteiger partial charge in [-0.3, -0.25) is 0 Å². The van der Waals surface area contributed by atoms with Crippen molar-refractivity contribution < 1.29 is 9.90 Å². The third-order valence-electron chi connectivity index (χ3n) is 2.40. The molecule has 0 bridgehead atoms. The number of hydrogen-bond acceptors (Lipinski definition) is 5. The van der Waals surface area contributed by atoms with E-state index in [0.717, 1.165) is 5.69 Å². The van der Waals surface area contributed by atoms with Crippen molar-refractivity contribution in [1.82, 2.24) is 24.7 Å². The van der Waals surface area contributed by atoms with Crippen LogP contribution in [0.1, 0.15) is 34.8 Å². The van der Waals surface area contributed by atoms with E-state index < -0.39 is 5.97 Å². The third-order valence-corrected chi connectivity index (χ3v) is 2.40. The second-order valence-electron chi connectivity index (χ2n) is 3.82. The fourth-order valence-corrected chi connectivity index (χ4v) is 1.64. The Kier molecular flexibility index (Phi) is 3.05. The van der Waals surface area contributed by atoms with Crippen LogP contribution >= 0.6 is 0 Å². The van der Waals surface area contributed by atoms with Crippen molar-refractivity contribution in [2.24, 2.45) is 0 Å². The topological polar surface area (TPSA) is 93.8 Å². The van der Waals surface area contributed by atoms with E-state index in [9.17, 15) is 4.79 Å². The SMILES string of the molecule is CCc1cc(C(=O)O)nn1-c1nc(C)nc(C)n1. The van der Waals surface area contributed by atoms with Gasteiger partial charge in [-0.25, -0.2) is 14.5 Å². The summed E-state index contributed by atoms with van der Waals surface area (Å²) in [5, 5.41) is 12.9. The normalized spacial score (nSPS) is 10.6. The van der Waals surface area contributed by atoms with Crippen molar-refractivity contribution in [1.29, 1.82) is 0 Å². The molecule has 0 radical (unpaired) electrons. The Morgan fingerprint density at radius 2 is 1.89 bits per heavy atom. The molecule has 0 amide bonds. The van der Waals surface area contributed by atoms with Gasteiger partial charge >= 0.3 is 5.97 Å². The summed E-state index contributed by atoms with van der Waals surface area (Å²) in [6.45, 7) is 5.43. The number of aryl methyl sites for hydroxylation is 3. The lowest BCUT2D eigenvalue weighted by atomic mass is 10.3. The maximum Gasteiger partial charge on any atom is 0.356 e. The maximum absolute atomic E-state index is 10.9. The first-order valence-corrected chi connectivity index (χ1v) is 5.53. The molecule has 18 heavy (non-hydrogen) atoms. The van der Waals surface area contributed by atoms with Gasteiger partial charge in [0.1, 0.15) is 11.6 Å². The molecule has 0 atom stereocenters. The lowest BCUT2D eigenvalue weighted by Gasteiger charge is -2.04. The molecule has 0 aliphatic rings. The van der Waals surface area contributed by atoms with E-state index in [0.29, 0.717) is 24.0 Å². The zero-order valence-electron chi connectivity index (χ0n) is 10.4. The zero-order valence-corrected chi connectivity index (χ0v) is 10.4. The van der Waals surface area contributed by atoms with Gasteiger partial charge in [-0.1, -0.05) is 6.92 Å². The summed E-state index contributed by atoms with van der Waals surface area (Å²) in [6.07, 6.45) is 0.643. The molecule has 0 aromatic carbocycles. The highest BCUT2D eigenvalue weighted by Crippen LogP contribution is 2.10. The molecular formula is C11H13N5O2. The fraction of sp³-hybridized carbons (Fsp3) is 0.364. The van der Waals surface area contributed by atoms with Crippen molar-refractivity contribution in [3.05, 3.63) is 29.1 Å². The Bertz CT molecular complexity index is 585. The van der Waals surface area contributed by atoms with Gasteiger partial charge < -0.3 is 5.11 Å². The smallest absolute Gasteiger partial charge is 0.356 e. The fourth-order valence-electron chi connectivity index (χ4n) is 1.64. The van der Waals surface area contributed by atoms with Gasteiger partial charge in [0, 0.05) is 5.69 Å². The van der Waals surface area contributed by atoms with Gasteiger partial charge in [-0.15, -0.1) is 0 Å². The maximum atomic E-state index is 10.9. The van der Waals surface area contributed by atoms with Gasteiger partial charge in [0.15, 0.2) is 5.69 Å². The average Bonchev–Trinajstić information content (AvgIpc) is 2.71. The summed E-state index contributed by atoms with van der Waals surface area (Å²) in [5.41, 5.74) is 0.736. The van der Waals surface area contributed by atoms with Gasteiger partial charge in [0.2, 0.25) is 0 Å². The number of carboxylic acids is 1. The van der Waals surface area contributed by atoms with Crippen molar-refractivity contribution in [2.45, 2.75) is 27.2 Å². The van der Waals surface area contributed by atoms with Crippen LogP contribution in [0.5, 0.6) is 0 Å². The molecule has 2 aromatic heterocycles. The molecule has 2 heterocycles. The molecule has 7 heteroatoms.